The molecule has 0 saturated carbocycles. The van der Waals surface area contributed by atoms with Crippen LogP contribution in [0.4, 0.5) is 0 Å². The van der Waals surface area contributed by atoms with Crippen molar-refractivity contribution in [3.8, 4) is 17.6 Å². The van der Waals surface area contributed by atoms with Crippen molar-refractivity contribution in [2.75, 3.05) is 13.2 Å². The Kier molecular flexibility index (Phi) is 4.90. The number of hydrogen-bond acceptors (Lipinski definition) is 3. The third kappa shape index (κ3) is 3.44. The SMILES string of the molecule is Cc1ccc(C)c(OCCOc2ccc3ccccc3c2C#N)c1C. The van der Waals surface area contributed by atoms with Crippen molar-refractivity contribution in [2.24, 2.45) is 0 Å². The molecule has 3 rings (SSSR count). The average molecular weight is 331 g/mol. The minimum Gasteiger partial charge on any atom is -0.489 e. The summed E-state index contributed by atoms with van der Waals surface area (Å²) in [6.07, 6.45) is 0. The molecule has 0 aliphatic heterocycles. The molecule has 0 aromatic heterocycles. The van der Waals surface area contributed by atoms with Crippen LogP contribution in [0.2, 0.25) is 0 Å². The lowest BCUT2D eigenvalue weighted by Crippen LogP contribution is -2.11. The normalized spacial score (nSPS) is 10.5. The van der Waals surface area contributed by atoms with Crippen molar-refractivity contribution in [1.82, 2.24) is 0 Å². The van der Waals surface area contributed by atoms with Gasteiger partial charge in [-0.05, 0) is 48.9 Å². The summed E-state index contributed by atoms with van der Waals surface area (Å²) in [7, 11) is 0. The van der Waals surface area contributed by atoms with Gasteiger partial charge < -0.3 is 9.47 Å². The second kappa shape index (κ2) is 7.27. The van der Waals surface area contributed by atoms with Crippen LogP contribution in [0.5, 0.6) is 11.5 Å². The van der Waals surface area contributed by atoms with Crippen LogP contribution in [-0.2, 0) is 0 Å². The Labute approximate surface area is 148 Å². The van der Waals surface area contributed by atoms with Crippen LogP contribution in [0.15, 0.2) is 48.5 Å². The van der Waals surface area contributed by atoms with Crippen LogP contribution in [0, 0.1) is 32.1 Å². The van der Waals surface area contributed by atoms with Gasteiger partial charge in [0.25, 0.3) is 0 Å². The monoisotopic (exact) mass is 331 g/mol. The predicted molar refractivity (Wildman–Crippen MR) is 100 cm³/mol. The van der Waals surface area contributed by atoms with E-state index < -0.39 is 0 Å². The average Bonchev–Trinajstić information content (AvgIpc) is 2.63. The number of hydrogen-bond donors (Lipinski definition) is 0. The lowest BCUT2D eigenvalue weighted by molar-refractivity contribution is 0.215. The van der Waals surface area contributed by atoms with E-state index in [1.807, 2.05) is 43.3 Å². The second-order valence-electron chi connectivity index (χ2n) is 6.12. The van der Waals surface area contributed by atoms with E-state index in [0.717, 1.165) is 27.6 Å². The fourth-order valence-electron chi connectivity index (χ4n) is 2.93. The minimum absolute atomic E-state index is 0.389. The van der Waals surface area contributed by atoms with Crippen LogP contribution in [0.1, 0.15) is 22.3 Å². The van der Waals surface area contributed by atoms with Gasteiger partial charge in [0, 0.05) is 5.39 Å². The molecule has 0 fully saturated rings. The van der Waals surface area contributed by atoms with Crippen LogP contribution < -0.4 is 9.47 Å². The van der Waals surface area contributed by atoms with Gasteiger partial charge in [-0.1, -0.05) is 42.5 Å². The predicted octanol–water partition coefficient (Wildman–Crippen LogP) is 5.09. The van der Waals surface area contributed by atoms with Gasteiger partial charge in [-0.25, -0.2) is 0 Å². The van der Waals surface area contributed by atoms with Gasteiger partial charge in [0.05, 0.1) is 0 Å². The third-order valence-corrected chi connectivity index (χ3v) is 4.46. The zero-order valence-electron chi connectivity index (χ0n) is 14.8. The van der Waals surface area contributed by atoms with Gasteiger partial charge in [-0.15, -0.1) is 0 Å². The molecule has 126 valence electrons. The van der Waals surface area contributed by atoms with Crippen LogP contribution in [0.3, 0.4) is 0 Å². The summed E-state index contributed by atoms with van der Waals surface area (Å²) >= 11 is 0. The van der Waals surface area contributed by atoms with Crippen molar-refractivity contribution >= 4 is 10.8 Å². The Morgan fingerprint density at radius 1 is 0.840 bits per heavy atom. The fourth-order valence-corrected chi connectivity index (χ4v) is 2.93. The van der Waals surface area contributed by atoms with Crippen molar-refractivity contribution in [2.45, 2.75) is 20.8 Å². The Bertz CT molecular complexity index is 954. The molecule has 0 N–H and O–H groups in total. The maximum atomic E-state index is 9.49. The van der Waals surface area contributed by atoms with E-state index in [2.05, 4.69) is 32.0 Å². The topological polar surface area (TPSA) is 42.2 Å². The van der Waals surface area contributed by atoms with Crippen LogP contribution >= 0.6 is 0 Å². The number of nitrogens with zero attached hydrogens (tertiary/aromatic N) is 1. The second-order valence-corrected chi connectivity index (χ2v) is 6.12. The lowest BCUT2D eigenvalue weighted by atomic mass is 10.0. The van der Waals surface area contributed by atoms with Gasteiger partial charge in [0.1, 0.15) is 36.3 Å². The minimum atomic E-state index is 0.389. The van der Waals surface area contributed by atoms with E-state index in [-0.39, 0.29) is 0 Å². The Hall–Kier alpha value is -2.99. The van der Waals surface area contributed by atoms with Crippen LogP contribution in [0.25, 0.3) is 10.8 Å². The number of rotatable bonds is 5. The fraction of sp³-hybridized carbons (Fsp3) is 0.227. The maximum absolute atomic E-state index is 9.49. The Balaban J connectivity index is 1.70. The zero-order chi connectivity index (χ0) is 17.8. The molecular formula is C22H21NO2. The van der Waals surface area contributed by atoms with Gasteiger partial charge in [-0.3, -0.25) is 0 Å². The van der Waals surface area contributed by atoms with Gasteiger partial charge >= 0.3 is 0 Å². The molecular weight excluding hydrogens is 310 g/mol. The largest absolute Gasteiger partial charge is 0.489 e. The molecule has 0 spiro atoms. The van der Waals surface area contributed by atoms with E-state index in [1.165, 1.54) is 5.56 Å². The highest BCUT2D eigenvalue weighted by Crippen LogP contribution is 2.28. The molecule has 0 atom stereocenters. The number of benzene rings is 3. The van der Waals surface area contributed by atoms with Crippen molar-refractivity contribution < 1.29 is 9.47 Å². The highest BCUT2D eigenvalue weighted by atomic mass is 16.5. The van der Waals surface area contributed by atoms with E-state index >= 15 is 0 Å². The number of fused-ring (bicyclic) bond motifs is 1. The summed E-state index contributed by atoms with van der Waals surface area (Å²) in [5, 5.41) is 11.4. The molecule has 3 aromatic rings. The number of ether oxygens (including phenoxy) is 2. The first kappa shape index (κ1) is 16.9. The summed E-state index contributed by atoms with van der Waals surface area (Å²) in [6, 6.07) is 18.1. The van der Waals surface area contributed by atoms with E-state index in [9.17, 15) is 5.26 Å². The molecule has 0 aliphatic carbocycles. The molecule has 3 heteroatoms. The standard InChI is InChI=1S/C22H21NO2/c1-15-8-9-16(2)22(17(15)3)25-13-12-24-21-11-10-18-6-4-5-7-19(18)20(21)14-23/h4-11H,12-13H2,1-3H3. The molecule has 0 radical (unpaired) electrons. The number of aryl methyl sites for hydroxylation is 2. The third-order valence-electron chi connectivity index (χ3n) is 4.46. The van der Waals surface area contributed by atoms with Crippen molar-refractivity contribution in [3.05, 3.63) is 70.8 Å². The molecule has 0 saturated heterocycles. The smallest absolute Gasteiger partial charge is 0.137 e. The van der Waals surface area contributed by atoms with Gasteiger partial charge in [0.2, 0.25) is 0 Å². The van der Waals surface area contributed by atoms with E-state index in [4.69, 9.17) is 9.47 Å². The summed E-state index contributed by atoms with van der Waals surface area (Å²) in [6.45, 7) is 7.00. The van der Waals surface area contributed by atoms with E-state index in [0.29, 0.717) is 24.5 Å². The first-order valence-electron chi connectivity index (χ1n) is 8.36. The highest BCUT2D eigenvalue weighted by molar-refractivity contribution is 5.90. The molecule has 0 bridgehead atoms. The molecule has 0 aliphatic rings. The van der Waals surface area contributed by atoms with E-state index in [1.54, 1.807) is 0 Å². The maximum Gasteiger partial charge on any atom is 0.137 e. The molecule has 0 heterocycles. The zero-order valence-corrected chi connectivity index (χ0v) is 14.8. The molecule has 3 aromatic carbocycles. The van der Waals surface area contributed by atoms with Gasteiger partial charge in [0.15, 0.2) is 0 Å². The van der Waals surface area contributed by atoms with Crippen molar-refractivity contribution in [1.29, 1.82) is 5.26 Å². The summed E-state index contributed by atoms with van der Waals surface area (Å²) in [5.41, 5.74) is 4.05. The first-order valence-corrected chi connectivity index (χ1v) is 8.36. The molecule has 25 heavy (non-hydrogen) atoms. The Morgan fingerprint density at radius 2 is 1.56 bits per heavy atom. The highest BCUT2D eigenvalue weighted by Gasteiger charge is 2.09. The van der Waals surface area contributed by atoms with Gasteiger partial charge in [-0.2, -0.15) is 5.26 Å². The summed E-state index contributed by atoms with van der Waals surface area (Å²) in [4.78, 5) is 0. The van der Waals surface area contributed by atoms with Crippen molar-refractivity contribution in [3.63, 3.8) is 0 Å². The summed E-state index contributed by atoms with van der Waals surface area (Å²) in [5.74, 6) is 1.52. The first-order chi connectivity index (χ1) is 12.1. The number of nitriles is 1. The Morgan fingerprint density at radius 3 is 2.36 bits per heavy atom. The molecule has 3 nitrogen and oxygen atoms in total. The molecule has 0 unspecified atom stereocenters. The lowest BCUT2D eigenvalue weighted by Gasteiger charge is -2.15. The quantitative estimate of drug-likeness (QED) is 0.611. The molecule has 0 amide bonds. The van der Waals surface area contributed by atoms with Crippen LogP contribution in [-0.4, -0.2) is 13.2 Å². The summed E-state index contributed by atoms with van der Waals surface area (Å²) < 4.78 is 11.7.